The predicted octanol–water partition coefficient (Wildman–Crippen LogP) is 2.46. The first-order valence-electron chi connectivity index (χ1n) is 5.48. The van der Waals surface area contributed by atoms with Crippen LogP contribution in [0.25, 0.3) is 0 Å². The van der Waals surface area contributed by atoms with E-state index in [4.69, 9.17) is 5.73 Å². The fourth-order valence-corrected chi connectivity index (χ4v) is 3.59. The normalized spacial score (nSPS) is 21.1. The molecule has 0 aromatic carbocycles. The zero-order valence-corrected chi connectivity index (χ0v) is 11.4. The molecule has 1 aliphatic heterocycles. The van der Waals surface area contributed by atoms with Gasteiger partial charge in [0.15, 0.2) is 0 Å². The molecule has 1 saturated heterocycles. The fraction of sp³-hybridized carbons (Fsp3) is 0.545. The average molecular weight is 303 g/mol. The summed E-state index contributed by atoms with van der Waals surface area (Å²) >= 11 is 4.89. The van der Waals surface area contributed by atoms with Crippen molar-refractivity contribution < 1.29 is 4.79 Å². The van der Waals surface area contributed by atoms with Gasteiger partial charge >= 0.3 is 0 Å². The van der Waals surface area contributed by atoms with Crippen molar-refractivity contribution in [1.82, 2.24) is 4.90 Å². The zero-order valence-electron chi connectivity index (χ0n) is 8.99. The lowest BCUT2D eigenvalue weighted by atomic mass is 10.0. The Balaban J connectivity index is 2.17. The standard InChI is InChI=1S/C11H15BrN2OS/c12-9-4-6-16-10(9)11(15)14-5-2-1-3-8(14)7-13/h4,6,8H,1-3,5,7,13H2. The summed E-state index contributed by atoms with van der Waals surface area (Å²) in [5.74, 6) is 0.122. The third-order valence-electron chi connectivity index (χ3n) is 2.97. The van der Waals surface area contributed by atoms with Gasteiger partial charge in [0.05, 0.1) is 0 Å². The van der Waals surface area contributed by atoms with Gasteiger partial charge in [0.2, 0.25) is 0 Å². The fourth-order valence-electron chi connectivity index (χ4n) is 2.09. The Bertz CT molecular complexity index is 380. The third kappa shape index (κ3) is 2.31. The lowest BCUT2D eigenvalue weighted by molar-refractivity contribution is 0.0627. The van der Waals surface area contributed by atoms with Crippen molar-refractivity contribution in [2.24, 2.45) is 5.73 Å². The summed E-state index contributed by atoms with van der Waals surface area (Å²) < 4.78 is 0.892. The second-order valence-electron chi connectivity index (χ2n) is 3.98. The Morgan fingerprint density at radius 1 is 1.62 bits per heavy atom. The second kappa shape index (κ2) is 5.29. The van der Waals surface area contributed by atoms with Crippen molar-refractivity contribution in [3.8, 4) is 0 Å². The quantitative estimate of drug-likeness (QED) is 0.912. The van der Waals surface area contributed by atoms with E-state index < -0.39 is 0 Å². The molecule has 1 atom stereocenters. The van der Waals surface area contributed by atoms with Crippen LogP contribution in [0.5, 0.6) is 0 Å². The molecule has 2 N–H and O–H groups in total. The van der Waals surface area contributed by atoms with E-state index in [1.807, 2.05) is 16.3 Å². The molecule has 16 heavy (non-hydrogen) atoms. The maximum absolute atomic E-state index is 12.3. The van der Waals surface area contributed by atoms with Crippen LogP contribution in [0.15, 0.2) is 15.9 Å². The Morgan fingerprint density at radius 2 is 2.44 bits per heavy atom. The van der Waals surface area contributed by atoms with Crippen LogP contribution in [-0.4, -0.2) is 29.9 Å². The summed E-state index contributed by atoms with van der Waals surface area (Å²) in [6.45, 7) is 1.40. The van der Waals surface area contributed by atoms with Crippen LogP contribution in [0.4, 0.5) is 0 Å². The molecule has 1 aromatic rings. The van der Waals surface area contributed by atoms with Gasteiger partial charge in [-0.25, -0.2) is 0 Å². The van der Waals surface area contributed by atoms with E-state index in [0.29, 0.717) is 6.54 Å². The number of hydrogen-bond acceptors (Lipinski definition) is 3. The molecule has 0 radical (unpaired) electrons. The van der Waals surface area contributed by atoms with Gasteiger partial charge in [-0.3, -0.25) is 4.79 Å². The van der Waals surface area contributed by atoms with Gasteiger partial charge in [0, 0.05) is 23.6 Å². The molecule has 0 bridgehead atoms. The molecule has 3 nitrogen and oxygen atoms in total. The number of halogens is 1. The molecule has 1 amide bonds. The largest absolute Gasteiger partial charge is 0.334 e. The van der Waals surface area contributed by atoms with Gasteiger partial charge in [0.25, 0.3) is 5.91 Å². The SMILES string of the molecule is NCC1CCCCN1C(=O)c1sccc1Br. The number of amides is 1. The summed E-state index contributed by atoms with van der Waals surface area (Å²) in [6, 6.07) is 2.13. The maximum Gasteiger partial charge on any atom is 0.265 e. The highest BCUT2D eigenvalue weighted by molar-refractivity contribution is 9.10. The van der Waals surface area contributed by atoms with Crippen molar-refractivity contribution in [2.75, 3.05) is 13.1 Å². The Labute approximate surface area is 108 Å². The molecule has 0 spiro atoms. The van der Waals surface area contributed by atoms with Gasteiger partial charge in [0.1, 0.15) is 4.88 Å². The topological polar surface area (TPSA) is 46.3 Å². The first-order chi connectivity index (χ1) is 7.74. The Hall–Kier alpha value is -0.390. The molecule has 0 saturated carbocycles. The minimum Gasteiger partial charge on any atom is -0.334 e. The van der Waals surface area contributed by atoms with Crippen LogP contribution in [0.3, 0.4) is 0 Å². The van der Waals surface area contributed by atoms with Crippen LogP contribution < -0.4 is 5.73 Å². The van der Waals surface area contributed by atoms with Gasteiger partial charge in [-0.2, -0.15) is 0 Å². The van der Waals surface area contributed by atoms with E-state index in [2.05, 4.69) is 15.9 Å². The minimum absolute atomic E-state index is 0.122. The molecule has 0 aliphatic carbocycles. The lowest BCUT2D eigenvalue weighted by Crippen LogP contribution is -2.47. The van der Waals surface area contributed by atoms with E-state index in [9.17, 15) is 4.79 Å². The average Bonchev–Trinajstić information content (AvgIpc) is 2.74. The first-order valence-corrected chi connectivity index (χ1v) is 7.15. The molecular formula is C11H15BrN2OS. The number of rotatable bonds is 2. The van der Waals surface area contributed by atoms with Crippen molar-refractivity contribution in [1.29, 1.82) is 0 Å². The molecule has 2 heterocycles. The number of carbonyl (C=O) groups is 1. The monoisotopic (exact) mass is 302 g/mol. The minimum atomic E-state index is 0.122. The summed E-state index contributed by atoms with van der Waals surface area (Å²) in [4.78, 5) is 15.0. The van der Waals surface area contributed by atoms with Crippen molar-refractivity contribution in [3.05, 3.63) is 20.8 Å². The van der Waals surface area contributed by atoms with E-state index in [0.717, 1.165) is 28.7 Å². The lowest BCUT2D eigenvalue weighted by Gasteiger charge is -2.34. The summed E-state index contributed by atoms with van der Waals surface area (Å²) in [7, 11) is 0. The zero-order chi connectivity index (χ0) is 11.5. The smallest absolute Gasteiger partial charge is 0.265 e. The van der Waals surface area contributed by atoms with E-state index in [1.165, 1.54) is 17.8 Å². The molecule has 1 aromatic heterocycles. The van der Waals surface area contributed by atoms with Crippen molar-refractivity contribution >= 4 is 33.2 Å². The number of nitrogens with two attached hydrogens (primary N) is 1. The molecule has 5 heteroatoms. The van der Waals surface area contributed by atoms with Gasteiger partial charge in [-0.1, -0.05) is 0 Å². The number of hydrogen-bond donors (Lipinski definition) is 1. The van der Waals surface area contributed by atoms with Crippen molar-refractivity contribution in [3.63, 3.8) is 0 Å². The van der Waals surface area contributed by atoms with Crippen LogP contribution in [0.2, 0.25) is 0 Å². The number of piperidine rings is 1. The van der Waals surface area contributed by atoms with Gasteiger partial charge < -0.3 is 10.6 Å². The molecule has 88 valence electrons. The highest BCUT2D eigenvalue weighted by atomic mass is 79.9. The van der Waals surface area contributed by atoms with Gasteiger partial charge in [-0.05, 0) is 46.6 Å². The third-order valence-corrected chi connectivity index (χ3v) is 4.80. The molecule has 1 fully saturated rings. The van der Waals surface area contributed by atoms with Crippen LogP contribution in [-0.2, 0) is 0 Å². The summed E-state index contributed by atoms with van der Waals surface area (Å²) in [6.07, 6.45) is 3.30. The number of nitrogens with zero attached hydrogens (tertiary/aromatic N) is 1. The van der Waals surface area contributed by atoms with Crippen LogP contribution in [0, 0.1) is 0 Å². The number of thiophene rings is 1. The molecular weight excluding hydrogens is 288 g/mol. The van der Waals surface area contributed by atoms with E-state index >= 15 is 0 Å². The molecule has 1 aliphatic rings. The van der Waals surface area contributed by atoms with Gasteiger partial charge in [-0.15, -0.1) is 11.3 Å². The summed E-state index contributed by atoms with van der Waals surface area (Å²) in [5.41, 5.74) is 5.72. The van der Waals surface area contributed by atoms with E-state index in [-0.39, 0.29) is 11.9 Å². The maximum atomic E-state index is 12.3. The number of likely N-dealkylation sites (tertiary alicyclic amines) is 1. The Morgan fingerprint density at radius 3 is 3.06 bits per heavy atom. The molecule has 1 unspecified atom stereocenters. The van der Waals surface area contributed by atoms with Crippen LogP contribution >= 0.6 is 27.3 Å². The van der Waals surface area contributed by atoms with Crippen LogP contribution in [0.1, 0.15) is 28.9 Å². The highest BCUT2D eigenvalue weighted by Crippen LogP contribution is 2.27. The van der Waals surface area contributed by atoms with Crippen molar-refractivity contribution in [2.45, 2.75) is 25.3 Å². The number of carbonyl (C=O) groups excluding carboxylic acids is 1. The summed E-state index contributed by atoms with van der Waals surface area (Å²) in [5, 5.41) is 1.93. The Kier molecular flexibility index (Phi) is 4.00. The second-order valence-corrected chi connectivity index (χ2v) is 5.75. The van der Waals surface area contributed by atoms with E-state index in [1.54, 1.807) is 0 Å². The predicted molar refractivity (Wildman–Crippen MR) is 69.7 cm³/mol. The molecule has 2 rings (SSSR count). The highest BCUT2D eigenvalue weighted by Gasteiger charge is 2.27. The first kappa shape index (κ1) is 12.1.